The molecule has 0 aliphatic carbocycles. The molecule has 1 unspecified atom stereocenters. The minimum atomic E-state index is -1.75. The van der Waals surface area contributed by atoms with Crippen LogP contribution >= 0.6 is 0 Å². The van der Waals surface area contributed by atoms with Crippen molar-refractivity contribution < 1.29 is 18.3 Å². The standard InChI is InChI=1S/C23H26N2O2.CH2F2/c1-5-7-23(27-22-13-10-20(15-24)19(6-2)14-22)17(3)25-16-18-8-11-21(26-4)12-9-18;2-1-3/h6,8-14,23,25H,2-3,5,7,16H2,1,4H3;1H2. The zero-order valence-electron chi connectivity index (χ0n) is 17.5. The summed E-state index contributed by atoms with van der Waals surface area (Å²) in [6, 6.07) is 15.5. The lowest BCUT2D eigenvalue weighted by molar-refractivity contribution is 0.216. The molecule has 2 aromatic rings. The van der Waals surface area contributed by atoms with Crippen LogP contribution in [0.1, 0.15) is 36.5 Å². The van der Waals surface area contributed by atoms with E-state index < -0.39 is 6.93 Å². The summed E-state index contributed by atoms with van der Waals surface area (Å²) in [6.45, 7) is 8.95. The third-order valence-corrected chi connectivity index (χ3v) is 4.26. The number of benzene rings is 2. The monoisotopic (exact) mass is 414 g/mol. The number of methoxy groups -OCH3 is 1. The van der Waals surface area contributed by atoms with E-state index in [-0.39, 0.29) is 6.10 Å². The maximum absolute atomic E-state index is 9.62. The smallest absolute Gasteiger partial charge is 0.229 e. The Hall–Kier alpha value is -3.33. The second kappa shape index (κ2) is 13.8. The molecule has 0 saturated carbocycles. The van der Waals surface area contributed by atoms with Gasteiger partial charge in [0.1, 0.15) is 17.6 Å². The number of hydrogen-bond acceptors (Lipinski definition) is 4. The maximum atomic E-state index is 9.62. The van der Waals surface area contributed by atoms with Crippen molar-refractivity contribution >= 4 is 6.08 Å². The van der Waals surface area contributed by atoms with Crippen LogP contribution in [-0.2, 0) is 6.54 Å². The van der Waals surface area contributed by atoms with Crippen molar-refractivity contribution in [2.24, 2.45) is 0 Å². The van der Waals surface area contributed by atoms with E-state index in [0.717, 1.165) is 35.4 Å². The molecule has 30 heavy (non-hydrogen) atoms. The van der Waals surface area contributed by atoms with Gasteiger partial charge in [0, 0.05) is 12.2 Å². The largest absolute Gasteiger partial charge is 0.497 e. The summed E-state index contributed by atoms with van der Waals surface area (Å²) in [5.74, 6) is 1.54. The van der Waals surface area contributed by atoms with Crippen molar-refractivity contribution in [2.75, 3.05) is 14.0 Å². The molecule has 1 N–H and O–H groups in total. The molecule has 2 rings (SSSR count). The van der Waals surface area contributed by atoms with E-state index in [1.165, 1.54) is 0 Å². The molecule has 0 bridgehead atoms. The topological polar surface area (TPSA) is 54.3 Å². The van der Waals surface area contributed by atoms with Crippen molar-refractivity contribution in [2.45, 2.75) is 32.4 Å². The summed E-state index contributed by atoms with van der Waals surface area (Å²) in [5, 5.41) is 12.5. The fraction of sp³-hybridized carbons (Fsp3) is 0.292. The van der Waals surface area contributed by atoms with Crippen molar-refractivity contribution in [3.8, 4) is 17.6 Å². The molecule has 0 aromatic heterocycles. The van der Waals surface area contributed by atoms with E-state index in [9.17, 15) is 8.78 Å². The van der Waals surface area contributed by atoms with Crippen LogP contribution in [0.2, 0.25) is 0 Å². The van der Waals surface area contributed by atoms with E-state index in [0.29, 0.717) is 17.9 Å². The molecule has 160 valence electrons. The molecule has 0 heterocycles. The predicted octanol–water partition coefficient (Wildman–Crippen LogP) is 5.94. The average Bonchev–Trinajstić information content (AvgIpc) is 2.77. The number of rotatable bonds is 10. The molecule has 0 fully saturated rings. The third kappa shape index (κ3) is 7.96. The first kappa shape index (κ1) is 24.7. The molecule has 4 nitrogen and oxygen atoms in total. The lowest BCUT2D eigenvalue weighted by atomic mass is 10.1. The first-order valence-electron chi connectivity index (χ1n) is 9.53. The average molecular weight is 414 g/mol. The van der Waals surface area contributed by atoms with Crippen LogP contribution in [0.4, 0.5) is 8.78 Å². The highest BCUT2D eigenvalue weighted by Gasteiger charge is 2.14. The molecule has 0 aliphatic rings. The minimum absolute atomic E-state index is 0.154. The number of hydrogen-bond donors (Lipinski definition) is 1. The number of nitrogens with one attached hydrogen (secondary N) is 1. The van der Waals surface area contributed by atoms with Gasteiger partial charge in [-0.25, -0.2) is 8.78 Å². The lowest BCUT2D eigenvalue weighted by Gasteiger charge is -2.22. The first-order valence-corrected chi connectivity index (χ1v) is 9.53. The van der Waals surface area contributed by atoms with Gasteiger partial charge < -0.3 is 14.8 Å². The molecule has 0 aliphatic heterocycles. The predicted molar refractivity (Wildman–Crippen MR) is 117 cm³/mol. The zero-order valence-corrected chi connectivity index (χ0v) is 17.5. The molecule has 0 radical (unpaired) electrons. The summed E-state index contributed by atoms with van der Waals surface area (Å²) < 4.78 is 30.6. The van der Waals surface area contributed by atoms with Crippen LogP contribution in [-0.4, -0.2) is 20.1 Å². The van der Waals surface area contributed by atoms with E-state index in [1.807, 2.05) is 36.4 Å². The number of nitriles is 1. The highest BCUT2D eigenvalue weighted by atomic mass is 19.3. The Balaban J connectivity index is 0.00000141. The van der Waals surface area contributed by atoms with Crippen LogP contribution in [0.15, 0.2) is 61.3 Å². The van der Waals surface area contributed by atoms with Gasteiger partial charge in [-0.2, -0.15) is 5.26 Å². The number of halogens is 2. The number of alkyl halides is 2. The van der Waals surface area contributed by atoms with Gasteiger partial charge in [-0.05, 0) is 47.9 Å². The van der Waals surface area contributed by atoms with E-state index in [1.54, 1.807) is 19.3 Å². The van der Waals surface area contributed by atoms with Gasteiger partial charge in [0.15, 0.2) is 0 Å². The van der Waals surface area contributed by atoms with Crippen molar-refractivity contribution in [3.63, 3.8) is 0 Å². The van der Waals surface area contributed by atoms with Crippen molar-refractivity contribution in [3.05, 3.63) is 78.0 Å². The van der Waals surface area contributed by atoms with Crippen LogP contribution in [0.25, 0.3) is 6.08 Å². The second-order valence-corrected chi connectivity index (χ2v) is 6.29. The zero-order chi connectivity index (χ0) is 22.4. The summed E-state index contributed by atoms with van der Waals surface area (Å²) in [6.07, 6.45) is 3.33. The number of ether oxygens (including phenoxy) is 2. The highest BCUT2D eigenvalue weighted by Crippen LogP contribution is 2.22. The molecule has 1 atom stereocenters. The van der Waals surface area contributed by atoms with Crippen LogP contribution in [0, 0.1) is 11.3 Å². The first-order chi connectivity index (χ1) is 14.5. The Morgan fingerprint density at radius 1 is 1.20 bits per heavy atom. The minimum Gasteiger partial charge on any atom is -0.497 e. The molecule has 6 heteroatoms. The Labute approximate surface area is 177 Å². The summed E-state index contributed by atoms with van der Waals surface area (Å²) in [7, 11) is 1.66. The third-order valence-electron chi connectivity index (χ3n) is 4.26. The van der Waals surface area contributed by atoms with Gasteiger partial charge >= 0.3 is 0 Å². The molecule has 0 spiro atoms. The molecule has 2 aromatic carbocycles. The van der Waals surface area contributed by atoms with Gasteiger partial charge in [0.05, 0.1) is 18.7 Å². The molecule has 0 amide bonds. The van der Waals surface area contributed by atoms with E-state index in [2.05, 4.69) is 31.5 Å². The highest BCUT2D eigenvalue weighted by molar-refractivity contribution is 5.58. The van der Waals surface area contributed by atoms with Crippen LogP contribution in [0.5, 0.6) is 11.5 Å². The Bertz CT molecular complexity index is 845. The van der Waals surface area contributed by atoms with Gasteiger partial charge in [0.25, 0.3) is 0 Å². The normalized spacial score (nSPS) is 10.6. The molecule has 0 saturated heterocycles. The number of nitrogens with zero attached hydrogens (tertiary/aromatic N) is 1. The van der Waals surface area contributed by atoms with E-state index in [4.69, 9.17) is 14.7 Å². The van der Waals surface area contributed by atoms with Gasteiger partial charge in [-0.3, -0.25) is 0 Å². The molecular weight excluding hydrogens is 386 g/mol. The SMILES string of the molecule is C=Cc1cc(OC(CCC)C(=C)NCc2ccc(OC)cc2)ccc1C#N.FCF. The Morgan fingerprint density at radius 2 is 1.83 bits per heavy atom. The Morgan fingerprint density at radius 3 is 2.37 bits per heavy atom. The summed E-state index contributed by atoms with van der Waals surface area (Å²) in [4.78, 5) is 0. The van der Waals surface area contributed by atoms with Gasteiger partial charge in [-0.1, -0.05) is 44.7 Å². The summed E-state index contributed by atoms with van der Waals surface area (Å²) in [5.41, 5.74) is 3.32. The fourth-order valence-electron chi connectivity index (χ4n) is 2.69. The quantitative estimate of drug-likeness (QED) is 0.522. The van der Waals surface area contributed by atoms with Crippen LogP contribution < -0.4 is 14.8 Å². The fourth-order valence-corrected chi connectivity index (χ4v) is 2.69. The lowest BCUT2D eigenvalue weighted by Crippen LogP contribution is -2.28. The second-order valence-electron chi connectivity index (χ2n) is 6.29. The summed E-state index contributed by atoms with van der Waals surface area (Å²) >= 11 is 0. The Kier molecular flexibility index (Phi) is 11.3. The van der Waals surface area contributed by atoms with Crippen molar-refractivity contribution in [1.29, 1.82) is 5.26 Å². The molecular formula is C24H28F2N2O2. The maximum Gasteiger partial charge on any atom is 0.229 e. The van der Waals surface area contributed by atoms with Gasteiger partial charge in [-0.15, -0.1) is 0 Å². The van der Waals surface area contributed by atoms with Gasteiger partial charge in [0.2, 0.25) is 6.93 Å². The van der Waals surface area contributed by atoms with Crippen LogP contribution in [0.3, 0.4) is 0 Å². The van der Waals surface area contributed by atoms with Crippen molar-refractivity contribution in [1.82, 2.24) is 5.32 Å². The van der Waals surface area contributed by atoms with E-state index >= 15 is 0 Å².